The topological polar surface area (TPSA) is 3.24 Å². The van der Waals surface area contributed by atoms with Crippen molar-refractivity contribution in [2.45, 2.75) is 64.7 Å². The molecular formula is C52H47N. The molecule has 0 saturated carbocycles. The monoisotopic (exact) mass is 685 g/mol. The van der Waals surface area contributed by atoms with Crippen LogP contribution in [0.15, 0.2) is 158 Å². The Morgan fingerprint density at radius 1 is 0.415 bits per heavy atom. The first-order chi connectivity index (χ1) is 25.4. The molecule has 2 aliphatic rings. The van der Waals surface area contributed by atoms with Gasteiger partial charge >= 0.3 is 0 Å². The summed E-state index contributed by atoms with van der Waals surface area (Å²) < 4.78 is 0. The molecule has 0 unspecified atom stereocenters. The fourth-order valence-corrected chi connectivity index (χ4v) is 8.91. The van der Waals surface area contributed by atoms with Crippen molar-refractivity contribution < 1.29 is 0 Å². The average Bonchev–Trinajstić information content (AvgIpc) is 3.41. The molecule has 0 N–H and O–H groups in total. The van der Waals surface area contributed by atoms with Gasteiger partial charge in [0.25, 0.3) is 0 Å². The Labute approximate surface area is 315 Å². The zero-order valence-corrected chi connectivity index (χ0v) is 32.0. The SMILES string of the molecule is CC(C)(C)c1cc2c3c(c1)C(C)(C)c1cccc(c1-3)-c1cc(ccc1N(c1ccc(-c3ccccc3)cc1)c1ccccc1-c1ccccc1)C2(C)C. The van der Waals surface area contributed by atoms with E-state index in [1.54, 1.807) is 0 Å². The van der Waals surface area contributed by atoms with Gasteiger partial charge in [-0.15, -0.1) is 0 Å². The molecule has 0 atom stereocenters. The Kier molecular flexibility index (Phi) is 7.48. The Balaban J connectivity index is 1.34. The van der Waals surface area contributed by atoms with Crippen LogP contribution in [0.2, 0.25) is 0 Å². The van der Waals surface area contributed by atoms with Crippen LogP contribution in [0.3, 0.4) is 0 Å². The van der Waals surface area contributed by atoms with Crippen molar-refractivity contribution in [3.05, 3.63) is 186 Å². The third-order valence-corrected chi connectivity index (χ3v) is 12.1. The minimum absolute atomic E-state index is 0.0371. The molecule has 53 heavy (non-hydrogen) atoms. The third-order valence-electron chi connectivity index (χ3n) is 12.1. The molecule has 260 valence electrons. The van der Waals surface area contributed by atoms with E-state index in [9.17, 15) is 0 Å². The molecule has 2 aliphatic carbocycles. The molecule has 7 aromatic rings. The Bertz CT molecular complexity index is 2510. The van der Waals surface area contributed by atoms with Crippen molar-refractivity contribution in [1.29, 1.82) is 0 Å². The fourth-order valence-electron chi connectivity index (χ4n) is 8.91. The maximum absolute atomic E-state index is 2.52. The minimum atomic E-state index is -0.214. The van der Waals surface area contributed by atoms with Crippen LogP contribution in [0.4, 0.5) is 17.1 Å². The van der Waals surface area contributed by atoms with E-state index in [1.807, 2.05) is 0 Å². The Morgan fingerprint density at radius 3 is 1.66 bits per heavy atom. The molecule has 9 rings (SSSR count). The average molecular weight is 686 g/mol. The number of hydrogen-bond donors (Lipinski definition) is 0. The number of fused-ring (bicyclic) bond motifs is 3. The van der Waals surface area contributed by atoms with Gasteiger partial charge in [-0.25, -0.2) is 0 Å². The van der Waals surface area contributed by atoms with Crippen LogP contribution in [-0.2, 0) is 16.2 Å². The van der Waals surface area contributed by atoms with E-state index < -0.39 is 0 Å². The van der Waals surface area contributed by atoms with Gasteiger partial charge in [-0.2, -0.15) is 0 Å². The quantitative estimate of drug-likeness (QED) is 0.174. The number of nitrogens with zero attached hydrogens (tertiary/aromatic N) is 1. The van der Waals surface area contributed by atoms with Crippen molar-refractivity contribution in [2.75, 3.05) is 4.90 Å². The molecule has 0 radical (unpaired) electrons. The molecule has 0 heterocycles. The van der Waals surface area contributed by atoms with Crippen molar-refractivity contribution in [3.8, 4) is 44.5 Å². The van der Waals surface area contributed by atoms with Gasteiger partial charge in [0.05, 0.1) is 11.4 Å². The molecule has 0 amide bonds. The maximum atomic E-state index is 2.52. The van der Waals surface area contributed by atoms with Gasteiger partial charge in [0, 0.05) is 27.6 Å². The zero-order chi connectivity index (χ0) is 36.7. The number of anilines is 3. The van der Waals surface area contributed by atoms with Crippen LogP contribution < -0.4 is 4.90 Å². The lowest BCUT2D eigenvalue weighted by atomic mass is 9.69. The van der Waals surface area contributed by atoms with Crippen LogP contribution in [0.25, 0.3) is 44.5 Å². The third kappa shape index (κ3) is 5.20. The van der Waals surface area contributed by atoms with Gasteiger partial charge in [-0.3, -0.25) is 0 Å². The lowest BCUT2D eigenvalue weighted by Gasteiger charge is -2.36. The minimum Gasteiger partial charge on any atom is -0.309 e. The van der Waals surface area contributed by atoms with Gasteiger partial charge in [0.2, 0.25) is 0 Å². The van der Waals surface area contributed by atoms with E-state index in [-0.39, 0.29) is 16.2 Å². The molecule has 1 nitrogen and oxygen atoms in total. The first-order valence-electron chi connectivity index (χ1n) is 19.0. The van der Waals surface area contributed by atoms with Crippen molar-refractivity contribution in [1.82, 2.24) is 0 Å². The molecule has 2 bridgehead atoms. The summed E-state index contributed by atoms with van der Waals surface area (Å²) in [4.78, 5) is 2.49. The number of para-hydroxylation sites is 1. The van der Waals surface area contributed by atoms with Gasteiger partial charge in [0.1, 0.15) is 0 Å². The smallest absolute Gasteiger partial charge is 0.0540 e. The summed E-state index contributed by atoms with van der Waals surface area (Å²) in [6.45, 7) is 16.7. The summed E-state index contributed by atoms with van der Waals surface area (Å²) in [5, 5.41) is 0. The molecule has 7 aromatic carbocycles. The van der Waals surface area contributed by atoms with Crippen molar-refractivity contribution in [3.63, 3.8) is 0 Å². The summed E-state index contributed by atoms with van der Waals surface area (Å²) in [5.41, 5.74) is 20.4. The van der Waals surface area contributed by atoms with Gasteiger partial charge < -0.3 is 4.90 Å². The second-order valence-corrected chi connectivity index (χ2v) is 17.0. The summed E-state index contributed by atoms with van der Waals surface area (Å²) in [7, 11) is 0. The summed E-state index contributed by atoms with van der Waals surface area (Å²) >= 11 is 0. The highest BCUT2D eigenvalue weighted by Crippen LogP contribution is 2.59. The van der Waals surface area contributed by atoms with Gasteiger partial charge in [-0.05, 0) is 96.9 Å². The molecule has 0 aromatic heterocycles. The maximum Gasteiger partial charge on any atom is 0.0540 e. The van der Waals surface area contributed by atoms with Crippen LogP contribution in [0, 0.1) is 0 Å². The second-order valence-electron chi connectivity index (χ2n) is 17.0. The summed E-state index contributed by atoms with van der Waals surface area (Å²) in [6, 6.07) is 58.8. The van der Waals surface area contributed by atoms with Crippen LogP contribution in [-0.4, -0.2) is 0 Å². The van der Waals surface area contributed by atoms with E-state index in [0.29, 0.717) is 0 Å². The molecule has 0 aliphatic heterocycles. The highest BCUT2D eigenvalue weighted by Gasteiger charge is 2.43. The standard InChI is InChI=1S/C52H47N/c1-50(2,3)38-32-44-49-45(33-38)52(6,7)43-23-16-22-41(48(43)49)42-31-37(51(44,4)5)27-30-47(42)53(39-28-25-35(26-29-39)34-17-10-8-11-18-34)46-24-15-14-21-40(46)36-19-12-9-13-20-36/h8-33H,1-7H3. The van der Waals surface area contributed by atoms with Crippen LogP contribution in [0.5, 0.6) is 0 Å². The van der Waals surface area contributed by atoms with E-state index in [4.69, 9.17) is 0 Å². The lowest BCUT2D eigenvalue weighted by molar-refractivity contribution is 0.576. The van der Waals surface area contributed by atoms with E-state index in [1.165, 1.54) is 78.0 Å². The first kappa shape index (κ1) is 33.2. The largest absolute Gasteiger partial charge is 0.309 e. The lowest BCUT2D eigenvalue weighted by Crippen LogP contribution is -2.25. The zero-order valence-electron chi connectivity index (χ0n) is 32.0. The van der Waals surface area contributed by atoms with Crippen molar-refractivity contribution in [2.24, 2.45) is 0 Å². The van der Waals surface area contributed by atoms with Gasteiger partial charge in [-0.1, -0.05) is 176 Å². The number of hydrogen-bond acceptors (Lipinski definition) is 1. The number of rotatable bonds is 5. The predicted octanol–water partition coefficient (Wildman–Crippen LogP) is 14.4. The van der Waals surface area contributed by atoms with E-state index >= 15 is 0 Å². The second kappa shape index (κ2) is 11.9. The fraction of sp³-hybridized carbons (Fsp3) is 0.192. The van der Waals surface area contributed by atoms with Crippen LogP contribution >= 0.6 is 0 Å². The molecular weight excluding hydrogens is 639 g/mol. The van der Waals surface area contributed by atoms with E-state index in [0.717, 1.165) is 11.4 Å². The first-order valence-corrected chi connectivity index (χ1v) is 19.0. The predicted molar refractivity (Wildman–Crippen MR) is 226 cm³/mol. The highest BCUT2D eigenvalue weighted by atomic mass is 15.1. The normalized spacial score (nSPS) is 14.6. The number of benzene rings is 7. The van der Waals surface area contributed by atoms with Crippen molar-refractivity contribution >= 4 is 17.1 Å². The summed E-state index contributed by atoms with van der Waals surface area (Å²) in [6.07, 6.45) is 0. The molecule has 1 heteroatoms. The summed E-state index contributed by atoms with van der Waals surface area (Å²) in [5.74, 6) is 0. The molecule has 0 spiro atoms. The molecule has 0 fully saturated rings. The highest BCUT2D eigenvalue weighted by molar-refractivity contribution is 6.01. The van der Waals surface area contributed by atoms with Gasteiger partial charge in [0.15, 0.2) is 0 Å². The van der Waals surface area contributed by atoms with E-state index in [2.05, 4.69) is 211 Å². The Morgan fingerprint density at radius 2 is 0.981 bits per heavy atom. The van der Waals surface area contributed by atoms with Crippen LogP contribution in [0.1, 0.15) is 76.3 Å². The molecule has 0 saturated heterocycles. The Hall–Kier alpha value is -5.66.